The Morgan fingerprint density at radius 3 is 2.72 bits per heavy atom. The third kappa shape index (κ3) is 3.34. The Bertz CT molecular complexity index is 1220. The van der Waals surface area contributed by atoms with Crippen molar-refractivity contribution < 1.29 is 9.47 Å². The van der Waals surface area contributed by atoms with Crippen molar-refractivity contribution in [3.8, 4) is 29.0 Å². The van der Waals surface area contributed by atoms with Gasteiger partial charge in [-0.3, -0.25) is 0 Å². The molecule has 0 saturated carbocycles. The van der Waals surface area contributed by atoms with Gasteiger partial charge in [-0.25, -0.2) is 4.68 Å². The maximum atomic E-state index is 9.55. The second-order valence-electron chi connectivity index (χ2n) is 6.17. The Morgan fingerprint density at radius 2 is 1.97 bits per heavy atom. The Kier molecular flexibility index (Phi) is 5.01. The minimum Gasteiger partial charge on any atom is -0.493 e. The molecule has 0 saturated heterocycles. The van der Waals surface area contributed by atoms with Crippen molar-refractivity contribution in [1.82, 2.24) is 19.3 Å². The van der Waals surface area contributed by atoms with Crippen LogP contribution in [0.3, 0.4) is 0 Å². The van der Waals surface area contributed by atoms with Crippen LogP contribution in [-0.2, 0) is 5.75 Å². The number of rotatable bonds is 6. The van der Waals surface area contributed by atoms with Crippen molar-refractivity contribution in [2.24, 2.45) is 0 Å². The van der Waals surface area contributed by atoms with Crippen LogP contribution in [0.15, 0.2) is 53.9 Å². The molecule has 3 heterocycles. The number of nitrogens with two attached hydrogens (primary N) is 1. The highest BCUT2D eigenvalue weighted by molar-refractivity contribution is 7.98. The molecule has 1 aromatic carbocycles. The van der Waals surface area contributed by atoms with Gasteiger partial charge in [0.2, 0.25) is 5.16 Å². The van der Waals surface area contributed by atoms with E-state index in [9.17, 15) is 5.26 Å². The number of thioether (sulfide) groups is 1. The third-order valence-corrected chi connectivity index (χ3v) is 5.53. The van der Waals surface area contributed by atoms with E-state index in [1.165, 1.54) is 16.4 Å². The van der Waals surface area contributed by atoms with Crippen LogP contribution in [0.25, 0.3) is 16.9 Å². The highest BCUT2D eigenvalue weighted by Crippen LogP contribution is 2.33. The maximum absolute atomic E-state index is 9.55. The number of aromatic nitrogens is 4. The van der Waals surface area contributed by atoms with Gasteiger partial charge < -0.3 is 19.7 Å². The molecule has 0 aliphatic carbocycles. The summed E-state index contributed by atoms with van der Waals surface area (Å²) in [6.45, 7) is 0. The summed E-state index contributed by atoms with van der Waals surface area (Å²) in [4.78, 5) is 0. The molecule has 0 aliphatic rings. The summed E-state index contributed by atoms with van der Waals surface area (Å²) >= 11 is 1.42. The molecule has 0 radical (unpaired) electrons. The average Bonchev–Trinajstić information content (AvgIpc) is 3.31. The van der Waals surface area contributed by atoms with Crippen LogP contribution in [0.2, 0.25) is 0 Å². The van der Waals surface area contributed by atoms with Gasteiger partial charge in [-0.15, -0.1) is 10.2 Å². The fraction of sp³-hybridized carbons (Fsp3) is 0.150. The molecule has 4 aromatic rings. The fourth-order valence-corrected chi connectivity index (χ4v) is 3.93. The van der Waals surface area contributed by atoms with Crippen LogP contribution in [0.1, 0.15) is 11.1 Å². The predicted octanol–water partition coefficient (Wildman–Crippen LogP) is 3.09. The number of ether oxygens (including phenoxy) is 2. The Labute approximate surface area is 171 Å². The predicted molar refractivity (Wildman–Crippen MR) is 110 cm³/mol. The van der Waals surface area contributed by atoms with E-state index >= 15 is 0 Å². The minimum atomic E-state index is 0.510. The van der Waals surface area contributed by atoms with Gasteiger partial charge >= 0.3 is 0 Å². The lowest BCUT2D eigenvalue weighted by Crippen LogP contribution is -2.11. The first-order chi connectivity index (χ1) is 14.2. The average molecular weight is 406 g/mol. The molecule has 0 spiro atoms. The van der Waals surface area contributed by atoms with Crippen LogP contribution >= 0.6 is 11.8 Å². The molecule has 8 nitrogen and oxygen atoms in total. The van der Waals surface area contributed by atoms with Gasteiger partial charge in [-0.2, -0.15) is 5.26 Å². The van der Waals surface area contributed by atoms with Gasteiger partial charge in [0, 0.05) is 23.7 Å². The molecule has 0 bridgehead atoms. The summed E-state index contributed by atoms with van der Waals surface area (Å²) in [7, 11) is 3.16. The maximum Gasteiger partial charge on any atom is 0.210 e. The Hall–Kier alpha value is -3.64. The standard InChI is InChI=1S/C20H18N6O2S/c1-27-17-7-6-13(9-18(17)28-2)19-23-24-20(26(19)22)29-12-14-11-25-8-4-3-5-16(25)15(14)10-21/h3-9,11H,12,22H2,1-2H3. The van der Waals surface area contributed by atoms with Gasteiger partial charge in [-0.1, -0.05) is 17.8 Å². The minimum absolute atomic E-state index is 0.510. The van der Waals surface area contributed by atoms with Gasteiger partial charge in [0.05, 0.1) is 25.3 Å². The highest BCUT2D eigenvalue weighted by atomic mass is 32.2. The van der Waals surface area contributed by atoms with Gasteiger partial charge in [-0.05, 0) is 35.9 Å². The number of hydrogen-bond acceptors (Lipinski definition) is 7. The van der Waals surface area contributed by atoms with Gasteiger partial charge in [0.25, 0.3) is 0 Å². The molecule has 4 rings (SSSR count). The van der Waals surface area contributed by atoms with Crippen molar-refractivity contribution in [2.45, 2.75) is 10.9 Å². The van der Waals surface area contributed by atoms with Crippen molar-refractivity contribution in [2.75, 3.05) is 20.1 Å². The summed E-state index contributed by atoms with van der Waals surface area (Å²) in [6.07, 6.45) is 3.87. The quantitative estimate of drug-likeness (QED) is 0.388. The SMILES string of the molecule is COc1ccc(-c2nnc(SCc3cn4ccccc4c3C#N)n2N)cc1OC. The lowest BCUT2D eigenvalue weighted by molar-refractivity contribution is 0.355. The molecule has 9 heteroatoms. The fourth-order valence-electron chi connectivity index (χ4n) is 3.11. The number of pyridine rings is 1. The summed E-state index contributed by atoms with van der Waals surface area (Å²) < 4.78 is 14.0. The zero-order chi connectivity index (χ0) is 20.4. The number of methoxy groups -OCH3 is 2. The second-order valence-corrected chi connectivity index (χ2v) is 7.11. The summed E-state index contributed by atoms with van der Waals surface area (Å²) in [5.41, 5.74) is 3.21. The molecule has 0 unspecified atom stereocenters. The van der Waals surface area contributed by atoms with E-state index in [4.69, 9.17) is 15.3 Å². The van der Waals surface area contributed by atoms with Crippen molar-refractivity contribution in [1.29, 1.82) is 5.26 Å². The van der Waals surface area contributed by atoms with Crippen LogP contribution in [-0.4, -0.2) is 33.5 Å². The van der Waals surface area contributed by atoms with Crippen molar-refractivity contribution in [3.63, 3.8) is 0 Å². The smallest absolute Gasteiger partial charge is 0.210 e. The van der Waals surface area contributed by atoms with E-state index in [1.54, 1.807) is 26.4 Å². The zero-order valence-corrected chi connectivity index (χ0v) is 16.7. The molecule has 29 heavy (non-hydrogen) atoms. The van der Waals surface area contributed by atoms with Crippen LogP contribution in [0.4, 0.5) is 0 Å². The molecular formula is C20H18N6O2S. The van der Waals surface area contributed by atoms with Crippen molar-refractivity contribution >= 4 is 17.3 Å². The highest BCUT2D eigenvalue weighted by Gasteiger charge is 2.16. The Morgan fingerprint density at radius 1 is 1.14 bits per heavy atom. The summed E-state index contributed by atoms with van der Waals surface area (Å²) in [5, 5.41) is 18.5. The molecule has 2 N–H and O–H groups in total. The molecular weight excluding hydrogens is 388 g/mol. The Balaban J connectivity index is 1.60. The lowest BCUT2D eigenvalue weighted by atomic mass is 10.2. The van der Waals surface area contributed by atoms with Crippen LogP contribution < -0.4 is 15.3 Å². The first-order valence-electron chi connectivity index (χ1n) is 8.70. The second kappa shape index (κ2) is 7.77. The van der Waals surface area contributed by atoms with Crippen LogP contribution in [0.5, 0.6) is 11.5 Å². The molecule has 0 aliphatic heterocycles. The number of nitriles is 1. The van der Waals surface area contributed by atoms with E-state index in [1.807, 2.05) is 41.1 Å². The zero-order valence-electron chi connectivity index (χ0n) is 15.9. The van der Waals surface area contributed by atoms with E-state index in [2.05, 4.69) is 16.3 Å². The number of benzene rings is 1. The molecule has 3 aromatic heterocycles. The molecule has 0 fully saturated rings. The third-order valence-electron chi connectivity index (χ3n) is 4.54. The number of hydrogen-bond donors (Lipinski definition) is 1. The van der Waals surface area contributed by atoms with Gasteiger partial charge in [0.15, 0.2) is 17.3 Å². The van der Waals surface area contributed by atoms with E-state index < -0.39 is 0 Å². The van der Waals surface area contributed by atoms with E-state index in [-0.39, 0.29) is 0 Å². The lowest BCUT2D eigenvalue weighted by Gasteiger charge is -2.09. The molecule has 0 amide bonds. The number of nitrogen functional groups attached to an aromatic ring is 1. The van der Waals surface area contributed by atoms with Gasteiger partial charge in [0.1, 0.15) is 6.07 Å². The monoisotopic (exact) mass is 406 g/mol. The number of fused-ring (bicyclic) bond motifs is 1. The first-order valence-corrected chi connectivity index (χ1v) is 9.69. The normalized spacial score (nSPS) is 10.8. The largest absolute Gasteiger partial charge is 0.493 e. The summed E-state index contributed by atoms with van der Waals surface area (Å²) in [5.74, 6) is 8.50. The first kappa shape index (κ1) is 18.7. The molecule has 0 atom stereocenters. The van der Waals surface area contributed by atoms with Crippen LogP contribution in [0, 0.1) is 11.3 Å². The van der Waals surface area contributed by atoms with E-state index in [0.717, 1.165) is 16.6 Å². The summed E-state index contributed by atoms with van der Waals surface area (Å²) in [6, 6.07) is 13.5. The molecule has 146 valence electrons. The number of nitrogens with zero attached hydrogens (tertiary/aromatic N) is 5. The van der Waals surface area contributed by atoms with E-state index in [0.29, 0.717) is 33.8 Å². The topological polar surface area (TPSA) is 103 Å². The van der Waals surface area contributed by atoms with Crippen molar-refractivity contribution in [3.05, 3.63) is 59.9 Å².